The van der Waals surface area contributed by atoms with Crippen LogP contribution in [0.2, 0.25) is 0 Å². The van der Waals surface area contributed by atoms with Gasteiger partial charge in [-0.25, -0.2) is 4.68 Å². The summed E-state index contributed by atoms with van der Waals surface area (Å²) >= 11 is 1.54. The molecule has 0 N–H and O–H groups in total. The van der Waals surface area contributed by atoms with Gasteiger partial charge in [-0.3, -0.25) is 4.99 Å². The fourth-order valence-corrected chi connectivity index (χ4v) is 4.37. The van der Waals surface area contributed by atoms with Crippen LogP contribution in [0.1, 0.15) is 17.0 Å². The highest BCUT2D eigenvalue weighted by atomic mass is 32.1. The molecule has 4 aromatic rings. The fourth-order valence-electron chi connectivity index (χ4n) is 3.58. The van der Waals surface area contributed by atoms with Crippen LogP contribution in [-0.4, -0.2) is 32.2 Å². The first-order valence-corrected chi connectivity index (χ1v) is 11.1. The van der Waals surface area contributed by atoms with Crippen molar-refractivity contribution in [2.45, 2.75) is 5.92 Å². The van der Waals surface area contributed by atoms with Gasteiger partial charge in [0, 0.05) is 36.2 Å². The van der Waals surface area contributed by atoms with Gasteiger partial charge in [-0.15, -0.1) is 11.3 Å². The molecular weight excluding hydrogens is 418 g/mol. The Labute approximate surface area is 191 Å². The summed E-state index contributed by atoms with van der Waals surface area (Å²) in [5.74, 6) is 1.47. The predicted octanol–water partition coefficient (Wildman–Crippen LogP) is 5.43. The molecule has 0 atom stereocenters. The number of rotatable bonds is 7. The first-order valence-electron chi connectivity index (χ1n) is 10.2. The van der Waals surface area contributed by atoms with E-state index in [1.54, 1.807) is 21.3 Å². The standard InChI is InChI=1S/C26H25N3O2S/c1-27-26-29(24(18-32-26)22-15-14-21(30-2)16-25(22)31-3)28-17-23(19-10-6-4-7-11-19)20-12-8-5-9-13-20/h4-18,23H,1-3H3. The van der Waals surface area contributed by atoms with E-state index in [-0.39, 0.29) is 5.92 Å². The second kappa shape index (κ2) is 10.1. The number of hydrogen-bond acceptors (Lipinski definition) is 5. The van der Waals surface area contributed by atoms with Gasteiger partial charge in [0.25, 0.3) is 0 Å². The number of benzene rings is 3. The minimum absolute atomic E-state index is 0.0140. The summed E-state index contributed by atoms with van der Waals surface area (Å²) < 4.78 is 12.9. The third-order valence-electron chi connectivity index (χ3n) is 5.21. The molecule has 0 saturated carbocycles. The van der Waals surface area contributed by atoms with Crippen LogP contribution >= 0.6 is 11.3 Å². The molecule has 0 aliphatic rings. The first kappa shape index (κ1) is 21.6. The third-order valence-corrected chi connectivity index (χ3v) is 6.12. The van der Waals surface area contributed by atoms with Gasteiger partial charge < -0.3 is 9.47 Å². The summed E-state index contributed by atoms with van der Waals surface area (Å²) in [7, 11) is 5.08. The zero-order valence-corrected chi connectivity index (χ0v) is 19.1. The summed E-state index contributed by atoms with van der Waals surface area (Å²) in [6.07, 6.45) is 1.98. The van der Waals surface area contributed by atoms with E-state index in [1.807, 2.05) is 46.6 Å². The minimum atomic E-state index is 0.0140. The Bertz CT molecular complexity index is 1220. The van der Waals surface area contributed by atoms with Crippen LogP contribution in [0, 0.1) is 0 Å². The Balaban J connectivity index is 1.81. The van der Waals surface area contributed by atoms with Gasteiger partial charge in [-0.05, 0) is 23.3 Å². The number of methoxy groups -OCH3 is 2. The Morgan fingerprint density at radius 3 is 2.09 bits per heavy atom. The lowest BCUT2D eigenvalue weighted by Crippen LogP contribution is -2.13. The predicted molar refractivity (Wildman–Crippen MR) is 131 cm³/mol. The van der Waals surface area contributed by atoms with Crippen LogP contribution in [0.3, 0.4) is 0 Å². The first-order chi connectivity index (χ1) is 15.7. The molecule has 6 heteroatoms. The molecule has 1 aromatic heterocycles. The molecule has 32 heavy (non-hydrogen) atoms. The Kier molecular flexibility index (Phi) is 6.82. The summed E-state index contributed by atoms with van der Waals surface area (Å²) in [6, 6.07) is 26.5. The van der Waals surface area contributed by atoms with E-state index in [0.29, 0.717) is 0 Å². The highest BCUT2D eigenvalue weighted by Gasteiger charge is 2.15. The van der Waals surface area contributed by atoms with E-state index in [4.69, 9.17) is 14.6 Å². The van der Waals surface area contributed by atoms with E-state index in [2.05, 4.69) is 53.5 Å². The zero-order valence-electron chi connectivity index (χ0n) is 18.3. The van der Waals surface area contributed by atoms with Gasteiger partial charge in [0.15, 0.2) is 0 Å². The molecule has 0 amide bonds. The normalized spacial score (nSPS) is 11.9. The minimum Gasteiger partial charge on any atom is -0.497 e. The number of ether oxygens (including phenoxy) is 2. The molecule has 162 valence electrons. The summed E-state index contributed by atoms with van der Waals surface area (Å²) in [4.78, 5) is 5.23. The van der Waals surface area contributed by atoms with Crippen molar-refractivity contribution in [2.75, 3.05) is 21.3 Å². The van der Waals surface area contributed by atoms with Crippen LogP contribution in [0.4, 0.5) is 0 Å². The molecule has 0 aliphatic heterocycles. The summed E-state index contributed by atoms with van der Waals surface area (Å²) in [5.41, 5.74) is 4.19. The van der Waals surface area contributed by atoms with Crippen molar-refractivity contribution in [1.82, 2.24) is 4.68 Å². The molecular formula is C26H25N3O2S. The van der Waals surface area contributed by atoms with Crippen LogP contribution < -0.4 is 14.3 Å². The monoisotopic (exact) mass is 443 g/mol. The smallest absolute Gasteiger partial charge is 0.205 e. The topological polar surface area (TPSA) is 48.1 Å². The fraction of sp³-hybridized carbons (Fsp3) is 0.154. The maximum absolute atomic E-state index is 5.63. The molecule has 3 aromatic carbocycles. The number of nitrogens with zero attached hydrogens (tertiary/aromatic N) is 3. The van der Waals surface area contributed by atoms with Gasteiger partial charge >= 0.3 is 0 Å². The second-order valence-electron chi connectivity index (χ2n) is 7.07. The Morgan fingerprint density at radius 2 is 1.53 bits per heavy atom. The number of thiazole rings is 1. The Hall–Kier alpha value is -3.64. The van der Waals surface area contributed by atoms with Gasteiger partial charge in [-0.1, -0.05) is 60.7 Å². The number of hydrogen-bond donors (Lipinski definition) is 0. The quantitative estimate of drug-likeness (QED) is 0.358. The van der Waals surface area contributed by atoms with Crippen molar-refractivity contribution >= 4 is 17.6 Å². The van der Waals surface area contributed by atoms with Crippen molar-refractivity contribution in [2.24, 2.45) is 10.1 Å². The second-order valence-corrected chi connectivity index (χ2v) is 7.91. The lowest BCUT2D eigenvalue weighted by atomic mass is 9.92. The van der Waals surface area contributed by atoms with Crippen molar-refractivity contribution in [3.05, 3.63) is 100 Å². The van der Waals surface area contributed by atoms with Crippen molar-refractivity contribution in [3.63, 3.8) is 0 Å². The average molecular weight is 444 g/mol. The van der Waals surface area contributed by atoms with Crippen LogP contribution in [0.5, 0.6) is 11.5 Å². The molecule has 0 spiro atoms. The molecule has 1 heterocycles. The van der Waals surface area contributed by atoms with Gasteiger partial charge in [-0.2, -0.15) is 5.10 Å². The molecule has 0 fully saturated rings. The maximum Gasteiger partial charge on any atom is 0.205 e. The lowest BCUT2D eigenvalue weighted by Gasteiger charge is -2.14. The molecule has 0 saturated heterocycles. The highest BCUT2D eigenvalue weighted by Crippen LogP contribution is 2.33. The van der Waals surface area contributed by atoms with Crippen LogP contribution in [0.25, 0.3) is 11.3 Å². The molecule has 0 unspecified atom stereocenters. The van der Waals surface area contributed by atoms with Crippen molar-refractivity contribution < 1.29 is 9.47 Å². The van der Waals surface area contributed by atoms with Crippen LogP contribution in [-0.2, 0) is 0 Å². The highest BCUT2D eigenvalue weighted by molar-refractivity contribution is 7.07. The SMILES string of the molecule is CN=c1scc(-c2ccc(OC)cc2OC)n1N=CC(c1ccccc1)c1ccccc1. The largest absolute Gasteiger partial charge is 0.497 e. The summed E-state index contributed by atoms with van der Waals surface area (Å²) in [5, 5.41) is 6.95. The molecule has 4 rings (SSSR count). The summed E-state index contributed by atoms with van der Waals surface area (Å²) in [6.45, 7) is 0. The molecule has 0 radical (unpaired) electrons. The van der Waals surface area contributed by atoms with Crippen molar-refractivity contribution in [1.29, 1.82) is 0 Å². The molecule has 0 bridgehead atoms. The maximum atomic E-state index is 5.63. The lowest BCUT2D eigenvalue weighted by molar-refractivity contribution is 0.395. The van der Waals surface area contributed by atoms with Gasteiger partial charge in [0.05, 0.1) is 19.9 Å². The average Bonchev–Trinajstić information content (AvgIpc) is 3.27. The van der Waals surface area contributed by atoms with Gasteiger partial charge in [0.2, 0.25) is 4.80 Å². The van der Waals surface area contributed by atoms with E-state index in [0.717, 1.165) is 27.6 Å². The van der Waals surface area contributed by atoms with E-state index in [1.165, 1.54) is 22.5 Å². The number of aromatic nitrogens is 1. The van der Waals surface area contributed by atoms with E-state index >= 15 is 0 Å². The van der Waals surface area contributed by atoms with Gasteiger partial charge in [0.1, 0.15) is 11.5 Å². The molecule has 5 nitrogen and oxygen atoms in total. The molecule has 0 aliphatic carbocycles. The van der Waals surface area contributed by atoms with Crippen LogP contribution in [0.15, 0.2) is 94.3 Å². The zero-order chi connectivity index (χ0) is 22.3. The third kappa shape index (κ3) is 4.50. The van der Waals surface area contributed by atoms with E-state index < -0.39 is 0 Å². The van der Waals surface area contributed by atoms with E-state index in [9.17, 15) is 0 Å². The Morgan fingerprint density at radius 1 is 0.875 bits per heavy atom. The van der Waals surface area contributed by atoms with Crippen molar-refractivity contribution in [3.8, 4) is 22.8 Å².